The molecule has 0 aliphatic rings. The fourth-order valence-electron chi connectivity index (χ4n) is 2.40. The van der Waals surface area contributed by atoms with Crippen LogP contribution in [0.2, 0.25) is 0 Å². The first-order chi connectivity index (χ1) is 12.3. The lowest BCUT2D eigenvalue weighted by molar-refractivity contribution is 0.0954. The van der Waals surface area contributed by atoms with Gasteiger partial charge in [-0.1, -0.05) is 36.4 Å². The number of amides is 1. The zero-order valence-electron chi connectivity index (χ0n) is 13.9. The van der Waals surface area contributed by atoms with Crippen molar-refractivity contribution in [3.05, 3.63) is 95.8 Å². The first-order valence-corrected chi connectivity index (χ1v) is 9.24. The number of aromatic nitrogens is 1. The van der Waals surface area contributed by atoms with Crippen molar-refractivity contribution >= 4 is 17.7 Å². The summed E-state index contributed by atoms with van der Waals surface area (Å²) in [6.45, 7) is 0.607. The summed E-state index contributed by atoms with van der Waals surface area (Å²) < 4.78 is 0. The molecule has 0 spiro atoms. The topological polar surface area (TPSA) is 42.0 Å². The van der Waals surface area contributed by atoms with E-state index in [-0.39, 0.29) is 5.91 Å². The Morgan fingerprint density at radius 2 is 1.72 bits per heavy atom. The van der Waals surface area contributed by atoms with Crippen LogP contribution in [0.25, 0.3) is 0 Å². The maximum atomic E-state index is 12.2. The Morgan fingerprint density at radius 1 is 0.920 bits per heavy atom. The number of carbonyl (C=O) groups excluding carboxylic acids is 1. The van der Waals surface area contributed by atoms with Crippen LogP contribution in [0.1, 0.15) is 21.5 Å². The molecule has 4 heteroatoms. The zero-order chi connectivity index (χ0) is 17.3. The van der Waals surface area contributed by atoms with Gasteiger partial charge in [-0.05, 0) is 47.9 Å². The monoisotopic (exact) mass is 348 g/mol. The highest BCUT2D eigenvalue weighted by atomic mass is 32.2. The summed E-state index contributed by atoms with van der Waals surface area (Å²) in [5.74, 6) is 0.860. The van der Waals surface area contributed by atoms with Crippen molar-refractivity contribution in [2.75, 3.05) is 6.54 Å². The quantitative estimate of drug-likeness (QED) is 0.646. The molecular formula is C21H20N2OS. The van der Waals surface area contributed by atoms with E-state index in [9.17, 15) is 4.79 Å². The molecule has 2 aromatic carbocycles. The van der Waals surface area contributed by atoms with Gasteiger partial charge in [0.25, 0.3) is 5.91 Å². The van der Waals surface area contributed by atoms with Crippen LogP contribution in [0.15, 0.2) is 84.0 Å². The molecule has 0 aliphatic heterocycles. The molecule has 0 bridgehead atoms. The number of nitrogens with zero attached hydrogens (tertiary/aromatic N) is 1. The van der Waals surface area contributed by atoms with Crippen LogP contribution >= 0.6 is 11.8 Å². The highest BCUT2D eigenvalue weighted by molar-refractivity contribution is 7.98. The molecule has 1 amide bonds. The van der Waals surface area contributed by atoms with Crippen LogP contribution in [0.5, 0.6) is 0 Å². The van der Waals surface area contributed by atoms with Crippen LogP contribution in [-0.2, 0) is 12.2 Å². The van der Waals surface area contributed by atoms with Crippen LogP contribution in [-0.4, -0.2) is 17.4 Å². The van der Waals surface area contributed by atoms with Gasteiger partial charge in [-0.25, -0.2) is 0 Å². The summed E-state index contributed by atoms with van der Waals surface area (Å²) >= 11 is 1.79. The molecule has 0 radical (unpaired) electrons. The molecule has 0 unspecified atom stereocenters. The van der Waals surface area contributed by atoms with E-state index in [1.54, 1.807) is 18.0 Å². The third-order valence-corrected chi connectivity index (χ3v) is 4.87. The molecule has 25 heavy (non-hydrogen) atoms. The first-order valence-electron chi connectivity index (χ1n) is 8.25. The first kappa shape index (κ1) is 17.2. The molecule has 1 heterocycles. The number of benzene rings is 2. The smallest absolute Gasteiger partial charge is 0.251 e. The van der Waals surface area contributed by atoms with Gasteiger partial charge < -0.3 is 5.32 Å². The zero-order valence-corrected chi connectivity index (χ0v) is 14.7. The summed E-state index contributed by atoms with van der Waals surface area (Å²) in [5, 5.41) is 2.95. The number of carbonyl (C=O) groups is 1. The Morgan fingerprint density at radius 3 is 2.44 bits per heavy atom. The average Bonchev–Trinajstić information content (AvgIpc) is 2.68. The van der Waals surface area contributed by atoms with Gasteiger partial charge >= 0.3 is 0 Å². The van der Waals surface area contributed by atoms with Crippen molar-refractivity contribution < 1.29 is 4.79 Å². The van der Waals surface area contributed by atoms with Crippen molar-refractivity contribution in [1.29, 1.82) is 0 Å². The standard InChI is InChI=1S/C21H20N2OS/c24-21(23-14-12-17-5-4-13-22-15-17)19-10-8-18(9-11-19)16-25-20-6-2-1-3-7-20/h1-11,13,15H,12,14,16H2,(H,23,24). The molecule has 0 saturated heterocycles. The molecule has 0 fully saturated rings. The summed E-state index contributed by atoms with van der Waals surface area (Å²) in [7, 11) is 0. The van der Waals surface area contributed by atoms with E-state index in [1.165, 1.54) is 10.5 Å². The van der Waals surface area contributed by atoms with Gasteiger partial charge in [-0.3, -0.25) is 9.78 Å². The molecule has 3 rings (SSSR count). The number of pyridine rings is 1. The Labute approximate surface area is 152 Å². The molecule has 1 aromatic heterocycles. The van der Waals surface area contributed by atoms with E-state index in [4.69, 9.17) is 0 Å². The molecule has 0 aliphatic carbocycles. The molecule has 3 aromatic rings. The summed E-state index contributed by atoms with van der Waals surface area (Å²) in [5.41, 5.74) is 3.02. The van der Waals surface area contributed by atoms with E-state index >= 15 is 0 Å². The van der Waals surface area contributed by atoms with Crippen LogP contribution in [0.3, 0.4) is 0 Å². The van der Waals surface area contributed by atoms with E-state index < -0.39 is 0 Å². The summed E-state index contributed by atoms with van der Waals surface area (Å²) in [6.07, 6.45) is 4.36. The van der Waals surface area contributed by atoms with Crippen molar-refractivity contribution in [2.45, 2.75) is 17.1 Å². The normalized spacial score (nSPS) is 10.4. The lowest BCUT2D eigenvalue weighted by Gasteiger charge is -2.07. The second-order valence-electron chi connectivity index (χ2n) is 5.67. The molecule has 0 saturated carbocycles. The highest BCUT2D eigenvalue weighted by Crippen LogP contribution is 2.22. The minimum absolute atomic E-state index is 0.0360. The molecular weight excluding hydrogens is 328 g/mol. The Bertz CT molecular complexity index is 789. The number of thioether (sulfide) groups is 1. The number of hydrogen-bond acceptors (Lipinski definition) is 3. The SMILES string of the molecule is O=C(NCCc1cccnc1)c1ccc(CSc2ccccc2)cc1. The van der Waals surface area contributed by atoms with Gasteiger partial charge in [0.05, 0.1) is 0 Å². The van der Waals surface area contributed by atoms with Crippen molar-refractivity contribution in [2.24, 2.45) is 0 Å². The lowest BCUT2D eigenvalue weighted by Crippen LogP contribution is -2.25. The fraction of sp³-hybridized carbons (Fsp3) is 0.143. The van der Waals surface area contributed by atoms with Crippen LogP contribution in [0.4, 0.5) is 0 Å². The van der Waals surface area contributed by atoms with Crippen molar-refractivity contribution in [1.82, 2.24) is 10.3 Å². The predicted molar refractivity (Wildman–Crippen MR) is 103 cm³/mol. The van der Waals surface area contributed by atoms with Gasteiger partial charge in [0.1, 0.15) is 0 Å². The van der Waals surface area contributed by atoms with Crippen molar-refractivity contribution in [3.63, 3.8) is 0 Å². The van der Waals surface area contributed by atoms with Gasteiger partial charge in [0, 0.05) is 35.2 Å². The minimum Gasteiger partial charge on any atom is -0.352 e. The van der Waals surface area contributed by atoms with Gasteiger partial charge in [0.2, 0.25) is 0 Å². The third-order valence-electron chi connectivity index (χ3n) is 3.79. The minimum atomic E-state index is -0.0360. The highest BCUT2D eigenvalue weighted by Gasteiger charge is 2.05. The van der Waals surface area contributed by atoms with E-state index in [1.807, 2.05) is 60.8 Å². The van der Waals surface area contributed by atoms with E-state index in [0.29, 0.717) is 12.1 Å². The second-order valence-corrected chi connectivity index (χ2v) is 6.71. The molecule has 126 valence electrons. The van der Waals surface area contributed by atoms with Crippen LogP contribution in [0, 0.1) is 0 Å². The molecule has 3 nitrogen and oxygen atoms in total. The van der Waals surface area contributed by atoms with E-state index in [2.05, 4.69) is 22.4 Å². The van der Waals surface area contributed by atoms with Crippen LogP contribution < -0.4 is 5.32 Å². The van der Waals surface area contributed by atoms with Gasteiger partial charge in [0.15, 0.2) is 0 Å². The number of nitrogens with one attached hydrogen (secondary N) is 1. The largest absolute Gasteiger partial charge is 0.352 e. The predicted octanol–water partition coefficient (Wildman–Crippen LogP) is 4.35. The number of hydrogen-bond donors (Lipinski definition) is 1. The Kier molecular flexibility index (Phi) is 6.23. The Hall–Kier alpha value is -2.59. The summed E-state index contributed by atoms with van der Waals surface area (Å²) in [4.78, 5) is 17.5. The third kappa shape index (κ3) is 5.47. The van der Waals surface area contributed by atoms with E-state index in [0.717, 1.165) is 17.7 Å². The molecule has 1 N–H and O–H groups in total. The van der Waals surface area contributed by atoms with Crippen molar-refractivity contribution in [3.8, 4) is 0 Å². The second kappa shape index (κ2) is 9.04. The van der Waals surface area contributed by atoms with Gasteiger partial charge in [-0.2, -0.15) is 0 Å². The maximum Gasteiger partial charge on any atom is 0.251 e. The summed E-state index contributed by atoms with van der Waals surface area (Å²) in [6, 6.07) is 22.1. The maximum absolute atomic E-state index is 12.2. The number of rotatable bonds is 7. The average molecular weight is 348 g/mol. The van der Waals surface area contributed by atoms with Gasteiger partial charge in [-0.15, -0.1) is 11.8 Å². The fourth-order valence-corrected chi connectivity index (χ4v) is 3.28. The Balaban J connectivity index is 1.47. The molecule has 0 atom stereocenters. The lowest BCUT2D eigenvalue weighted by atomic mass is 10.1.